The van der Waals surface area contributed by atoms with Gasteiger partial charge in [0.05, 0.1) is 5.39 Å². The second-order valence-electron chi connectivity index (χ2n) is 8.53. The van der Waals surface area contributed by atoms with Gasteiger partial charge in [0, 0.05) is 22.4 Å². The van der Waals surface area contributed by atoms with Crippen LogP contribution in [0.4, 0.5) is 0 Å². The summed E-state index contributed by atoms with van der Waals surface area (Å²) in [4.78, 5) is 3.53. The third-order valence-electron chi connectivity index (χ3n) is 6.59. The first-order chi connectivity index (χ1) is 14.1. The van der Waals surface area contributed by atoms with Gasteiger partial charge in [-0.15, -0.1) is 0 Å². The van der Waals surface area contributed by atoms with E-state index in [1.54, 1.807) is 0 Å². The van der Waals surface area contributed by atoms with Crippen molar-refractivity contribution >= 4 is 21.5 Å². The molecule has 0 spiro atoms. The topological polar surface area (TPSA) is 14.1 Å². The third kappa shape index (κ3) is 2.25. The van der Waals surface area contributed by atoms with E-state index in [1.165, 1.54) is 55.1 Å². The van der Waals surface area contributed by atoms with Gasteiger partial charge in [-0.3, -0.25) is 0 Å². The van der Waals surface area contributed by atoms with Crippen LogP contribution in [0.15, 0.2) is 91.1 Å². The van der Waals surface area contributed by atoms with Gasteiger partial charge in [0.15, 0.2) is 6.20 Å². The molecule has 0 fully saturated rings. The van der Waals surface area contributed by atoms with E-state index in [0.29, 0.717) is 0 Å². The van der Waals surface area contributed by atoms with Crippen LogP contribution in [-0.2, 0) is 5.41 Å². The van der Waals surface area contributed by atoms with Crippen molar-refractivity contribution in [3.8, 4) is 22.4 Å². The molecule has 138 valence electrons. The molecule has 6 rings (SSSR count). The summed E-state index contributed by atoms with van der Waals surface area (Å²) in [7, 11) is 0. The maximum Gasteiger partial charge on any atom is 0.218 e. The van der Waals surface area contributed by atoms with Gasteiger partial charge in [-0.1, -0.05) is 74.5 Å². The van der Waals surface area contributed by atoms with Gasteiger partial charge in [-0.25, -0.2) is 4.98 Å². The highest BCUT2D eigenvalue weighted by atomic mass is 14.7. The van der Waals surface area contributed by atoms with E-state index in [-0.39, 0.29) is 5.41 Å². The van der Waals surface area contributed by atoms with Gasteiger partial charge in [-0.2, -0.15) is 0 Å². The summed E-state index contributed by atoms with van der Waals surface area (Å²) in [5.74, 6) is 0. The SMILES string of the molecule is CC1(C)c2ccccc2-c2cc(-c3[nH+]ccc4c3ccc3ccccc34)ccc21. The number of nitrogens with one attached hydrogen (secondary N) is 1. The fourth-order valence-electron chi connectivity index (χ4n) is 5.09. The zero-order chi connectivity index (χ0) is 19.6. The molecule has 1 N–H and O–H groups in total. The molecule has 0 saturated heterocycles. The summed E-state index contributed by atoms with van der Waals surface area (Å²) in [6.45, 7) is 4.65. The van der Waals surface area contributed by atoms with Crippen molar-refractivity contribution in [1.82, 2.24) is 0 Å². The van der Waals surface area contributed by atoms with Crippen LogP contribution in [0.2, 0.25) is 0 Å². The molecule has 29 heavy (non-hydrogen) atoms. The average Bonchev–Trinajstić information content (AvgIpc) is 3.00. The minimum atomic E-state index is 0.0448. The van der Waals surface area contributed by atoms with Crippen LogP contribution >= 0.6 is 0 Å². The molecule has 0 unspecified atom stereocenters. The van der Waals surface area contributed by atoms with E-state index in [4.69, 9.17) is 0 Å². The van der Waals surface area contributed by atoms with E-state index in [2.05, 4.69) is 110 Å². The first-order valence-corrected chi connectivity index (χ1v) is 10.2. The van der Waals surface area contributed by atoms with Crippen molar-refractivity contribution in [1.29, 1.82) is 0 Å². The Balaban J connectivity index is 1.62. The zero-order valence-electron chi connectivity index (χ0n) is 16.7. The first-order valence-electron chi connectivity index (χ1n) is 10.2. The number of benzene rings is 4. The molecule has 0 aliphatic heterocycles. The predicted octanol–water partition coefficient (Wildman–Crippen LogP) is 6.78. The lowest BCUT2D eigenvalue weighted by Gasteiger charge is -2.21. The van der Waals surface area contributed by atoms with Gasteiger partial charge in [0.2, 0.25) is 5.69 Å². The molecule has 0 saturated carbocycles. The van der Waals surface area contributed by atoms with Crippen molar-refractivity contribution in [3.63, 3.8) is 0 Å². The summed E-state index contributed by atoms with van der Waals surface area (Å²) in [5.41, 5.74) is 8.00. The molecule has 1 heteroatoms. The summed E-state index contributed by atoms with van der Waals surface area (Å²) in [6, 6.07) is 31.0. The highest BCUT2D eigenvalue weighted by Crippen LogP contribution is 2.49. The number of hydrogen-bond donors (Lipinski definition) is 0. The van der Waals surface area contributed by atoms with Gasteiger partial charge in [-0.05, 0) is 51.2 Å². The largest absolute Gasteiger partial charge is 0.218 e. The van der Waals surface area contributed by atoms with Crippen molar-refractivity contribution < 1.29 is 4.98 Å². The number of rotatable bonds is 1. The number of aromatic nitrogens is 1. The van der Waals surface area contributed by atoms with Crippen LogP contribution in [0, 0.1) is 0 Å². The Morgan fingerprint density at radius 2 is 1.41 bits per heavy atom. The smallest absolute Gasteiger partial charge is 0.211 e. The Morgan fingerprint density at radius 1 is 0.621 bits per heavy atom. The predicted molar refractivity (Wildman–Crippen MR) is 121 cm³/mol. The fourth-order valence-corrected chi connectivity index (χ4v) is 5.09. The monoisotopic (exact) mass is 372 g/mol. The van der Waals surface area contributed by atoms with Crippen molar-refractivity contribution in [2.24, 2.45) is 0 Å². The maximum atomic E-state index is 3.53. The molecule has 0 amide bonds. The molecular formula is C28H22N+. The Kier molecular flexibility index (Phi) is 3.29. The maximum absolute atomic E-state index is 3.53. The minimum absolute atomic E-state index is 0.0448. The summed E-state index contributed by atoms with van der Waals surface area (Å²) < 4.78 is 0. The van der Waals surface area contributed by atoms with Gasteiger partial charge in [0.1, 0.15) is 0 Å². The van der Waals surface area contributed by atoms with E-state index < -0.39 is 0 Å². The Bertz CT molecular complexity index is 1430. The third-order valence-corrected chi connectivity index (χ3v) is 6.59. The normalized spacial score (nSPS) is 14.1. The second-order valence-corrected chi connectivity index (χ2v) is 8.53. The van der Waals surface area contributed by atoms with Crippen molar-refractivity contribution in [2.45, 2.75) is 19.3 Å². The van der Waals surface area contributed by atoms with Crippen LogP contribution < -0.4 is 4.98 Å². The van der Waals surface area contributed by atoms with E-state index in [1.807, 2.05) is 0 Å². The summed E-state index contributed by atoms with van der Waals surface area (Å²) in [6.07, 6.45) is 2.06. The molecule has 1 heterocycles. The molecule has 1 aromatic heterocycles. The molecule has 1 aliphatic carbocycles. The highest BCUT2D eigenvalue weighted by Gasteiger charge is 2.35. The van der Waals surface area contributed by atoms with Crippen molar-refractivity contribution in [2.75, 3.05) is 0 Å². The molecule has 5 aromatic rings. The lowest BCUT2D eigenvalue weighted by Crippen LogP contribution is -2.14. The van der Waals surface area contributed by atoms with E-state index >= 15 is 0 Å². The fraction of sp³-hybridized carbons (Fsp3) is 0.107. The number of H-pyrrole nitrogens is 1. The second kappa shape index (κ2) is 5.78. The highest BCUT2D eigenvalue weighted by molar-refractivity contribution is 6.10. The van der Waals surface area contributed by atoms with Crippen LogP contribution in [0.3, 0.4) is 0 Å². The Morgan fingerprint density at radius 3 is 2.34 bits per heavy atom. The van der Waals surface area contributed by atoms with Crippen LogP contribution in [0.25, 0.3) is 43.9 Å². The van der Waals surface area contributed by atoms with Crippen LogP contribution in [0.5, 0.6) is 0 Å². The molecule has 0 bridgehead atoms. The molecule has 4 aromatic carbocycles. The van der Waals surface area contributed by atoms with E-state index in [0.717, 1.165) is 0 Å². The molecule has 0 atom stereocenters. The molecule has 1 nitrogen and oxygen atoms in total. The van der Waals surface area contributed by atoms with Crippen LogP contribution in [-0.4, -0.2) is 0 Å². The number of aromatic amines is 1. The first kappa shape index (κ1) is 16.5. The Hall–Kier alpha value is -3.45. The molecular weight excluding hydrogens is 350 g/mol. The van der Waals surface area contributed by atoms with Gasteiger partial charge >= 0.3 is 0 Å². The van der Waals surface area contributed by atoms with E-state index in [9.17, 15) is 0 Å². The average molecular weight is 372 g/mol. The zero-order valence-corrected chi connectivity index (χ0v) is 16.7. The van der Waals surface area contributed by atoms with Gasteiger partial charge < -0.3 is 0 Å². The summed E-state index contributed by atoms with van der Waals surface area (Å²) >= 11 is 0. The molecule has 1 aliphatic rings. The number of hydrogen-bond acceptors (Lipinski definition) is 0. The van der Waals surface area contributed by atoms with Crippen molar-refractivity contribution in [3.05, 3.63) is 102 Å². The van der Waals surface area contributed by atoms with Crippen LogP contribution in [0.1, 0.15) is 25.0 Å². The summed E-state index contributed by atoms with van der Waals surface area (Å²) in [5, 5.41) is 5.13. The Labute approximate surface area is 170 Å². The minimum Gasteiger partial charge on any atom is -0.211 e. The number of pyridine rings is 1. The lowest BCUT2D eigenvalue weighted by molar-refractivity contribution is -0.362. The molecule has 0 radical (unpaired) electrons. The standard InChI is InChI=1S/C28H21N/c1-28(2)25-10-6-5-9-22(25)24-17-19(12-14-26(24)28)27-23-13-11-18-7-3-4-8-20(18)21(23)15-16-29-27/h3-17H,1-2H3/p+1. The quantitative estimate of drug-likeness (QED) is 0.288. The number of fused-ring (bicyclic) bond motifs is 6. The lowest BCUT2D eigenvalue weighted by atomic mass is 9.82. The van der Waals surface area contributed by atoms with Gasteiger partial charge in [0.25, 0.3) is 0 Å².